The van der Waals surface area contributed by atoms with Gasteiger partial charge in [-0.1, -0.05) is 11.6 Å². The molecule has 1 aliphatic rings. The molecule has 2 rings (SSSR count). The Bertz CT molecular complexity index is 444. The molecule has 1 aromatic carbocycles. The Morgan fingerprint density at radius 3 is 2.71 bits per heavy atom. The first-order valence-corrected chi connectivity index (χ1v) is 5.31. The van der Waals surface area contributed by atoms with Crippen molar-refractivity contribution in [1.82, 2.24) is 0 Å². The summed E-state index contributed by atoms with van der Waals surface area (Å²) < 4.78 is 29.4. The van der Waals surface area contributed by atoms with Crippen molar-refractivity contribution in [3.8, 4) is 5.75 Å². The number of ether oxygens (including phenoxy) is 3. The summed E-state index contributed by atoms with van der Waals surface area (Å²) in [6.07, 6.45) is -0.378. The van der Waals surface area contributed by atoms with E-state index in [0.29, 0.717) is 19.5 Å². The summed E-state index contributed by atoms with van der Waals surface area (Å²) in [5, 5.41) is -0.255. The second kappa shape index (κ2) is 5.00. The molecule has 92 valence electrons. The molecule has 1 aliphatic heterocycles. The summed E-state index contributed by atoms with van der Waals surface area (Å²) in [7, 11) is 1.37. The molecule has 1 aromatic rings. The minimum absolute atomic E-state index is 0.0303. The Morgan fingerprint density at radius 2 is 2.18 bits per heavy atom. The number of benzene rings is 1. The highest BCUT2D eigenvalue weighted by atomic mass is 35.5. The molecule has 0 amide bonds. The lowest BCUT2D eigenvalue weighted by Gasteiger charge is -2.16. The van der Waals surface area contributed by atoms with Gasteiger partial charge in [0.15, 0.2) is 18.4 Å². The van der Waals surface area contributed by atoms with E-state index in [1.165, 1.54) is 13.2 Å². The summed E-state index contributed by atoms with van der Waals surface area (Å²) in [6.45, 7) is 0.751. The number of carbonyl (C=O) groups excluding carboxylic acids is 1. The van der Waals surface area contributed by atoms with Gasteiger partial charge in [0.25, 0.3) is 0 Å². The molecule has 0 spiro atoms. The van der Waals surface area contributed by atoms with Crippen LogP contribution >= 0.6 is 11.6 Å². The van der Waals surface area contributed by atoms with Crippen LogP contribution in [0, 0.1) is 5.82 Å². The van der Waals surface area contributed by atoms with Crippen LogP contribution in [0.4, 0.5) is 4.39 Å². The Balaban J connectivity index is 2.55. The first kappa shape index (κ1) is 12.3. The van der Waals surface area contributed by atoms with Gasteiger partial charge in [-0.25, -0.2) is 4.39 Å². The van der Waals surface area contributed by atoms with Crippen LogP contribution in [0.1, 0.15) is 22.2 Å². The van der Waals surface area contributed by atoms with Crippen molar-refractivity contribution in [2.24, 2.45) is 0 Å². The molecule has 17 heavy (non-hydrogen) atoms. The van der Waals surface area contributed by atoms with Crippen LogP contribution in [0.15, 0.2) is 6.07 Å². The van der Waals surface area contributed by atoms with E-state index in [0.717, 1.165) is 0 Å². The number of methoxy groups -OCH3 is 1. The van der Waals surface area contributed by atoms with E-state index in [4.69, 9.17) is 25.8 Å². The van der Waals surface area contributed by atoms with Crippen LogP contribution in [0.5, 0.6) is 5.75 Å². The van der Waals surface area contributed by atoms with Crippen LogP contribution in [0.3, 0.4) is 0 Å². The van der Waals surface area contributed by atoms with Crippen LogP contribution in [0.25, 0.3) is 0 Å². The minimum atomic E-state index is -0.844. The van der Waals surface area contributed by atoms with Gasteiger partial charge in [0.2, 0.25) is 0 Å². The maximum Gasteiger partial charge on any atom is 0.190 e. The van der Waals surface area contributed by atoms with E-state index in [2.05, 4.69) is 0 Å². The monoisotopic (exact) mass is 260 g/mol. The van der Waals surface area contributed by atoms with Crippen LogP contribution in [-0.4, -0.2) is 26.6 Å². The molecule has 1 heterocycles. The second-order valence-corrected chi connectivity index (χ2v) is 3.78. The Hall–Kier alpha value is -1.17. The fourth-order valence-corrected chi connectivity index (χ4v) is 1.84. The molecule has 0 radical (unpaired) electrons. The summed E-state index contributed by atoms with van der Waals surface area (Å²) in [4.78, 5) is 10.7. The van der Waals surface area contributed by atoms with Crippen LogP contribution in [0.2, 0.25) is 5.02 Å². The molecule has 0 bridgehead atoms. The lowest BCUT2D eigenvalue weighted by atomic mass is 10.1. The SMILES string of the molecule is COc1cc(C=O)c(Cl)c(F)c1C1OCCO1. The Morgan fingerprint density at radius 1 is 1.53 bits per heavy atom. The van der Waals surface area contributed by atoms with Gasteiger partial charge in [-0.2, -0.15) is 0 Å². The average molecular weight is 261 g/mol. The van der Waals surface area contributed by atoms with Gasteiger partial charge in [0, 0.05) is 5.56 Å². The van der Waals surface area contributed by atoms with E-state index in [-0.39, 0.29) is 21.9 Å². The number of hydrogen-bond acceptors (Lipinski definition) is 4. The normalized spacial score (nSPS) is 16.2. The van der Waals surface area contributed by atoms with Crippen molar-refractivity contribution in [1.29, 1.82) is 0 Å². The predicted octanol–water partition coefficient (Wildman–Crippen LogP) is 2.35. The second-order valence-electron chi connectivity index (χ2n) is 3.40. The topological polar surface area (TPSA) is 44.8 Å². The fraction of sp³-hybridized carbons (Fsp3) is 0.364. The smallest absolute Gasteiger partial charge is 0.190 e. The molecular weight excluding hydrogens is 251 g/mol. The Kier molecular flexibility index (Phi) is 3.61. The van der Waals surface area contributed by atoms with Crippen LogP contribution in [-0.2, 0) is 9.47 Å². The summed E-state index contributed by atoms with van der Waals surface area (Å²) in [6, 6.07) is 1.36. The van der Waals surface area contributed by atoms with Gasteiger partial charge in [-0.3, -0.25) is 4.79 Å². The predicted molar refractivity (Wildman–Crippen MR) is 58.0 cm³/mol. The number of rotatable bonds is 3. The first-order valence-electron chi connectivity index (χ1n) is 4.93. The van der Waals surface area contributed by atoms with Gasteiger partial charge >= 0.3 is 0 Å². The number of carbonyl (C=O) groups is 1. The van der Waals surface area contributed by atoms with Gasteiger partial charge in [-0.15, -0.1) is 0 Å². The average Bonchev–Trinajstić information content (AvgIpc) is 2.85. The lowest BCUT2D eigenvalue weighted by Crippen LogP contribution is -2.06. The largest absolute Gasteiger partial charge is 0.496 e. The minimum Gasteiger partial charge on any atom is -0.496 e. The number of aldehydes is 1. The fourth-order valence-electron chi connectivity index (χ4n) is 1.63. The third-order valence-corrected chi connectivity index (χ3v) is 2.82. The van der Waals surface area contributed by atoms with E-state index in [1.54, 1.807) is 0 Å². The molecule has 4 nitrogen and oxygen atoms in total. The van der Waals surface area contributed by atoms with E-state index in [9.17, 15) is 9.18 Å². The zero-order chi connectivity index (χ0) is 12.4. The van der Waals surface area contributed by atoms with E-state index in [1.807, 2.05) is 0 Å². The third-order valence-electron chi connectivity index (χ3n) is 2.44. The molecule has 6 heteroatoms. The quantitative estimate of drug-likeness (QED) is 0.783. The van der Waals surface area contributed by atoms with Crippen LogP contribution < -0.4 is 4.74 Å². The van der Waals surface area contributed by atoms with Crippen molar-refractivity contribution in [3.05, 3.63) is 28.0 Å². The molecule has 0 aliphatic carbocycles. The van der Waals surface area contributed by atoms with Crippen molar-refractivity contribution in [2.75, 3.05) is 20.3 Å². The molecule has 1 saturated heterocycles. The number of halogens is 2. The molecule has 0 saturated carbocycles. The van der Waals surface area contributed by atoms with Crippen molar-refractivity contribution >= 4 is 17.9 Å². The zero-order valence-electron chi connectivity index (χ0n) is 9.04. The zero-order valence-corrected chi connectivity index (χ0v) is 9.79. The van der Waals surface area contributed by atoms with Gasteiger partial charge in [0.1, 0.15) is 5.75 Å². The molecule has 0 atom stereocenters. The van der Waals surface area contributed by atoms with Gasteiger partial charge in [0.05, 0.1) is 30.9 Å². The summed E-state index contributed by atoms with van der Waals surface area (Å²) in [5.74, 6) is -0.569. The maximum absolute atomic E-state index is 14.0. The highest BCUT2D eigenvalue weighted by Gasteiger charge is 2.28. The molecular formula is C11H10ClFO4. The van der Waals surface area contributed by atoms with Gasteiger partial charge < -0.3 is 14.2 Å². The molecule has 1 fully saturated rings. The third kappa shape index (κ3) is 2.13. The molecule has 0 aromatic heterocycles. The van der Waals surface area contributed by atoms with Crippen molar-refractivity contribution in [3.63, 3.8) is 0 Å². The van der Waals surface area contributed by atoms with Crippen molar-refractivity contribution < 1.29 is 23.4 Å². The first-order chi connectivity index (χ1) is 8.19. The maximum atomic E-state index is 14.0. The Labute approximate surface area is 102 Å². The van der Waals surface area contributed by atoms with E-state index < -0.39 is 12.1 Å². The highest BCUT2D eigenvalue weighted by molar-refractivity contribution is 6.33. The van der Waals surface area contributed by atoms with Gasteiger partial charge in [-0.05, 0) is 6.07 Å². The van der Waals surface area contributed by atoms with Crippen molar-refractivity contribution in [2.45, 2.75) is 6.29 Å². The highest BCUT2D eigenvalue weighted by Crippen LogP contribution is 2.37. The summed E-state index contributed by atoms with van der Waals surface area (Å²) >= 11 is 5.73. The molecule has 0 unspecified atom stereocenters. The lowest BCUT2D eigenvalue weighted by molar-refractivity contribution is -0.0479. The number of hydrogen-bond donors (Lipinski definition) is 0. The standard InChI is InChI=1S/C11H10ClFO4/c1-15-7-4-6(5-14)9(12)10(13)8(7)11-16-2-3-17-11/h4-5,11H,2-3H2,1H3. The molecule has 0 N–H and O–H groups in total. The summed E-state index contributed by atoms with van der Waals surface area (Å²) in [5.41, 5.74) is 0.114. The van der Waals surface area contributed by atoms with E-state index >= 15 is 0 Å².